The fourth-order valence-electron chi connectivity index (χ4n) is 3.71. The minimum atomic E-state index is -0.270. The zero-order valence-electron chi connectivity index (χ0n) is 17.1. The Morgan fingerprint density at radius 1 is 1.20 bits per heavy atom. The first-order valence-corrected chi connectivity index (χ1v) is 10.1. The van der Waals surface area contributed by atoms with E-state index >= 15 is 0 Å². The van der Waals surface area contributed by atoms with Gasteiger partial charge in [-0.15, -0.1) is 0 Å². The van der Waals surface area contributed by atoms with Gasteiger partial charge in [-0.3, -0.25) is 9.59 Å². The van der Waals surface area contributed by atoms with Crippen LogP contribution in [-0.2, 0) is 4.79 Å². The fourth-order valence-corrected chi connectivity index (χ4v) is 3.71. The molecular formula is C21H25N7O2. The second kappa shape index (κ2) is 8.10. The Bertz CT molecular complexity index is 1070. The van der Waals surface area contributed by atoms with Gasteiger partial charge in [0.2, 0.25) is 5.91 Å². The Balaban J connectivity index is 1.45. The van der Waals surface area contributed by atoms with Gasteiger partial charge in [0.05, 0.1) is 29.6 Å². The number of pyridine rings is 2. The molecule has 0 bridgehead atoms. The van der Waals surface area contributed by atoms with Gasteiger partial charge in [0.25, 0.3) is 5.91 Å². The van der Waals surface area contributed by atoms with Crippen LogP contribution < -0.4 is 16.0 Å². The van der Waals surface area contributed by atoms with Gasteiger partial charge < -0.3 is 16.0 Å². The molecule has 0 radical (unpaired) electrons. The van der Waals surface area contributed by atoms with Crippen LogP contribution in [0.5, 0.6) is 0 Å². The number of amides is 2. The number of fused-ring (bicyclic) bond motifs is 1. The van der Waals surface area contributed by atoms with Crippen molar-refractivity contribution in [1.29, 1.82) is 0 Å². The summed E-state index contributed by atoms with van der Waals surface area (Å²) >= 11 is 0. The molecule has 156 valence electrons. The molecule has 1 aliphatic heterocycles. The van der Waals surface area contributed by atoms with E-state index in [2.05, 4.69) is 25.3 Å². The van der Waals surface area contributed by atoms with Crippen LogP contribution >= 0.6 is 0 Å². The maximum atomic E-state index is 12.6. The van der Waals surface area contributed by atoms with E-state index in [1.54, 1.807) is 30.7 Å². The molecule has 1 unspecified atom stereocenters. The highest BCUT2D eigenvalue weighted by Gasteiger charge is 2.24. The normalized spacial score (nSPS) is 16.8. The van der Waals surface area contributed by atoms with E-state index in [1.807, 2.05) is 24.6 Å². The van der Waals surface area contributed by atoms with Gasteiger partial charge in [0, 0.05) is 30.7 Å². The summed E-state index contributed by atoms with van der Waals surface area (Å²) in [6.07, 6.45) is 6.60. The number of nitrogens with one attached hydrogen (secondary N) is 1. The predicted molar refractivity (Wildman–Crippen MR) is 114 cm³/mol. The molecular weight excluding hydrogens is 382 g/mol. The number of rotatable bonds is 5. The average molecular weight is 407 g/mol. The lowest BCUT2D eigenvalue weighted by molar-refractivity contribution is -0.122. The minimum Gasteiger partial charge on any atom is -0.369 e. The van der Waals surface area contributed by atoms with Gasteiger partial charge in [0.15, 0.2) is 5.65 Å². The van der Waals surface area contributed by atoms with Crippen molar-refractivity contribution in [2.24, 2.45) is 11.7 Å². The summed E-state index contributed by atoms with van der Waals surface area (Å²) < 4.78 is 1.82. The van der Waals surface area contributed by atoms with Crippen molar-refractivity contribution >= 4 is 34.4 Å². The number of carbonyl (C=O) groups is 2. The zero-order valence-corrected chi connectivity index (χ0v) is 17.1. The topological polar surface area (TPSA) is 119 Å². The first-order chi connectivity index (χ1) is 14.4. The first-order valence-electron chi connectivity index (χ1n) is 10.1. The number of piperidine rings is 1. The summed E-state index contributed by atoms with van der Waals surface area (Å²) in [6.45, 7) is 5.47. The van der Waals surface area contributed by atoms with E-state index in [0.29, 0.717) is 17.8 Å². The number of nitrogens with zero attached hydrogens (tertiary/aromatic N) is 5. The number of hydrogen-bond donors (Lipinski definition) is 2. The van der Waals surface area contributed by atoms with E-state index < -0.39 is 0 Å². The molecule has 1 saturated heterocycles. The van der Waals surface area contributed by atoms with Crippen molar-refractivity contribution in [3.05, 3.63) is 42.4 Å². The van der Waals surface area contributed by atoms with Crippen LogP contribution in [0.1, 0.15) is 43.1 Å². The number of anilines is 2. The van der Waals surface area contributed by atoms with Gasteiger partial charge in [-0.05, 0) is 44.9 Å². The van der Waals surface area contributed by atoms with E-state index in [1.165, 1.54) is 0 Å². The summed E-state index contributed by atoms with van der Waals surface area (Å²) in [4.78, 5) is 35.0. The van der Waals surface area contributed by atoms with Gasteiger partial charge in [-0.1, -0.05) is 0 Å². The number of primary amides is 1. The van der Waals surface area contributed by atoms with Crippen LogP contribution in [-0.4, -0.2) is 44.7 Å². The Hall–Kier alpha value is -3.49. The highest BCUT2D eigenvalue weighted by molar-refractivity contribution is 6.05. The molecule has 0 aromatic carbocycles. The zero-order chi connectivity index (χ0) is 21.3. The molecule has 9 heteroatoms. The average Bonchev–Trinajstić information content (AvgIpc) is 3.18. The number of hydrogen-bond acceptors (Lipinski definition) is 6. The molecule has 2 amide bonds. The molecule has 4 heterocycles. The van der Waals surface area contributed by atoms with Crippen molar-refractivity contribution in [3.8, 4) is 0 Å². The van der Waals surface area contributed by atoms with Crippen LogP contribution in [0.4, 0.5) is 11.5 Å². The summed E-state index contributed by atoms with van der Waals surface area (Å²) in [7, 11) is 0. The summed E-state index contributed by atoms with van der Waals surface area (Å²) in [6, 6.07) is 5.62. The quantitative estimate of drug-likeness (QED) is 0.670. The second-order valence-corrected chi connectivity index (χ2v) is 7.87. The van der Waals surface area contributed by atoms with Crippen LogP contribution in [0.3, 0.4) is 0 Å². The predicted octanol–water partition coefficient (Wildman–Crippen LogP) is 2.36. The van der Waals surface area contributed by atoms with E-state index in [-0.39, 0.29) is 23.8 Å². The molecule has 0 spiro atoms. The minimum absolute atomic E-state index is 0.151. The highest BCUT2D eigenvalue weighted by Crippen LogP contribution is 2.23. The Kier molecular flexibility index (Phi) is 5.35. The van der Waals surface area contributed by atoms with Crippen LogP contribution in [0.15, 0.2) is 36.8 Å². The molecule has 4 rings (SSSR count). The third kappa shape index (κ3) is 3.96. The lowest BCUT2D eigenvalue weighted by Crippen LogP contribution is -2.41. The Morgan fingerprint density at radius 2 is 2.03 bits per heavy atom. The third-order valence-corrected chi connectivity index (χ3v) is 5.34. The van der Waals surface area contributed by atoms with Crippen molar-refractivity contribution in [1.82, 2.24) is 19.7 Å². The molecule has 0 saturated carbocycles. The van der Waals surface area contributed by atoms with Gasteiger partial charge in [-0.2, -0.15) is 5.10 Å². The molecule has 0 aliphatic carbocycles. The maximum Gasteiger partial charge on any atom is 0.257 e. The summed E-state index contributed by atoms with van der Waals surface area (Å²) in [5.74, 6) is 0.0849. The van der Waals surface area contributed by atoms with Gasteiger partial charge >= 0.3 is 0 Å². The third-order valence-electron chi connectivity index (χ3n) is 5.34. The van der Waals surface area contributed by atoms with Crippen LogP contribution in [0.2, 0.25) is 0 Å². The number of nitrogens with two attached hydrogens (primary N) is 1. The van der Waals surface area contributed by atoms with Crippen molar-refractivity contribution in [2.45, 2.75) is 32.7 Å². The number of carbonyl (C=O) groups excluding carboxylic acids is 2. The van der Waals surface area contributed by atoms with Crippen molar-refractivity contribution < 1.29 is 9.59 Å². The first kappa shape index (κ1) is 19.8. The Morgan fingerprint density at radius 3 is 2.73 bits per heavy atom. The van der Waals surface area contributed by atoms with Crippen LogP contribution in [0.25, 0.3) is 11.0 Å². The lowest BCUT2D eigenvalue weighted by Gasteiger charge is -2.32. The summed E-state index contributed by atoms with van der Waals surface area (Å²) in [5, 5.41) is 8.00. The largest absolute Gasteiger partial charge is 0.369 e. The summed E-state index contributed by atoms with van der Waals surface area (Å²) in [5.41, 5.74) is 7.24. The van der Waals surface area contributed by atoms with Crippen molar-refractivity contribution in [2.75, 3.05) is 23.3 Å². The van der Waals surface area contributed by atoms with Crippen LogP contribution in [0, 0.1) is 5.92 Å². The molecule has 9 nitrogen and oxygen atoms in total. The highest BCUT2D eigenvalue weighted by atomic mass is 16.2. The molecule has 3 aromatic rings. The molecule has 30 heavy (non-hydrogen) atoms. The second-order valence-electron chi connectivity index (χ2n) is 7.87. The number of aromatic nitrogens is 4. The van der Waals surface area contributed by atoms with E-state index in [4.69, 9.17) is 5.73 Å². The maximum absolute atomic E-state index is 12.6. The fraction of sp³-hybridized carbons (Fsp3) is 0.381. The Labute approximate surface area is 174 Å². The van der Waals surface area contributed by atoms with Gasteiger partial charge in [-0.25, -0.2) is 14.6 Å². The standard InChI is InChI=1S/C21H25N7O2/c1-13(2)28-20-15(10-25-28)8-16(9-24-20)21(30)26-17-5-6-18(23-11-17)27-7-3-4-14(12-27)19(22)29/h5-6,8-11,13-14H,3-4,7,12H2,1-2H3,(H2,22,29)(H,26,30). The molecule has 3 aromatic heterocycles. The molecule has 3 N–H and O–H groups in total. The molecule has 1 fully saturated rings. The molecule has 1 atom stereocenters. The SMILES string of the molecule is CC(C)n1ncc2cc(C(=O)Nc3ccc(N4CCCC(C(N)=O)C4)nc3)cnc21. The monoisotopic (exact) mass is 407 g/mol. The van der Waals surface area contributed by atoms with E-state index in [9.17, 15) is 9.59 Å². The van der Waals surface area contributed by atoms with E-state index in [0.717, 1.165) is 36.2 Å². The van der Waals surface area contributed by atoms with Gasteiger partial charge in [0.1, 0.15) is 5.82 Å². The smallest absolute Gasteiger partial charge is 0.257 e. The van der Waals surface area contributed by atoms with Crippen molar-refractivity contribution in [3.63, 3.8) is 0 Å². The lowest BCUT2D eigenvalue weighted by atomic mass is 9.97. The molecule has 1 aliphatic rings.